The van der Waals surface area contributed by atoms with Crippen LogP contribution in [0.3, 0.4) is 0 Å². The zero-order chi connectivity index (χ0) is 23.2. The number of piperidine rings is 1. The molecule has 0 aliphatic carbocycles. The summed E-state index contributed by atoms with van der Waals surface area (Å²) in [6, 6.07) is 20.1. The lowest BCUT2D eigenvalue weighted by Gasteiger charge is -2.29. The molecule has 0 spiro atoms. The molecule has 34 heavy (non-hydrogen) atoms. The number of benzene rings is 2. The molecule has 6 heteroatoms. The Morgan fingerprint density at radius 3 is 2.41 bits per heavy atom. The first-order valence-corrected chi connectivity index (χ1v) is 12.5. The third-order valence-electron chi connectivity index (χ3n) is 6.81. The van der Waals surface area contributed by atoms with Crippen molar-refractivity contribution in [1.29, 1.82) is 0 Å². The van der Waals surface area contributed by atoms with Gasteiger partial charge in [-0.2, -0.15) is 0 Å². The summed E-state index contributed by atoms with van der Waals surface area (Å²) in [7, 11) is 0. The van der Waals surface area contributed by atoms with Crippen LogP contribution in [-0.4, -0.2) is 48.3 Å². The molecule has 2 aliphatic rings. The number of hydrogen-bond acceptors (Lipinski definition) is 5. The van der Waals surface area contributed by atoms with Crippen molar-refractivity contribution in [2.75, 3.05) is 31.1 Å². The van der Waals surface area contributed by atoms with E-state index in [0.29, 0.717) is 19.5 Å². The Labute approximate surface area is 201 Å². The van der Waals surface area contributed by atoms with Gasteiger partial charge < -0.3 is 19.1 Å². The van der Waals surface area contributed by atoms with Gasteiger partial charge in [0.05, 0.1) is 24.6 Å². The zero-order valence-electron chi connectivity index (χ0n) is 19.7. The zero-order valence-corrected chi connectivity index (χ0v) is 19.7. The molecule has 1 atom stereocenters. The van der Waals surface area contributed by atoms with E-state index in [1.807, 2.05) is 53.4 Å². The van der Waals surface area contributed by atoms with Crippen LogP contribution in [0, 0.1) is 0 Å². The minimum absolute atomic E-state index is 0.0817. The highest BCUT2D eigenvalue weighted by Gasteiger charge is 2.29. The first-order chi connectivity index (χ1) is 16.8. The molecule has 3 aromatic rings. The second-order valence-corrected chi connectivity index (χ2v) is 9.30. The molecular formula is C28H33N3O3. The predicted molar refractivity (Wildman–Crippen MR) is 133 cm³/mol. The summed E-state index contributed by atoms with van der Waals surface area (Å²) in [6.45, 7) is 3.74. The fraction of sp³-hybridized carbons (Fsp3) is 0.429. The maximum Gasteiger partial charge on any atom is 0.232 e. The van der Waals surface area contributed by atoms with E-state index in [9.17, 15) is 4.79 Å². The molecule has 3 heterocycles. The average Bonchev–Trinajstić information content (AvgIpc) is 3.55. The topological polar surface area (TPSA) is 58.8 Å². The van der Waals surface area contributed by atoms with Crippen molar-refractivity contribution in [3.8, 4) is 11.3 Å². The van der Waals surface area contributed by atoms with Gasteiger partial charge in [-0.15, -0.1) is 0 Å². The van der Waals surface area contributed by atoms with Crippen LogP contribution < -0.4 is 4.90 Å². The van der Waals surface area contributed by atoms with E-state index in [1.165, 1.54) is 6.42 Å². The van der Waals surface area contributed by atoms with Gasteiger partial charge in [0.15, 0.2) is 0 Å². The van der Waals surface area contributed by atoms with Gasteiger partial charge >= 0.3 is 0 Å². The van der Waals surface area contributed by atoms with Gasteiger partial charge in [0, 0.05) is 31.8 Å². The van der Waals surface area contributed by atoms with Crippen molar-refractivity contribution in [1.82, 2.24) is 10.1 Å². The normalized spacial score (nSPS) is 18.2. The van der Waals surface area contributed by atoms with Crippen LogP contribution in [0.1, 0.15) is 43.2 Å². The Kier molecular flexibility index (Phi) is 7.25. The summed E-state index contributed by atoms with van der Waals surface area (Å²) >= 11 is 0. The number of carbonyl (C=O) groups excluding carboxylic acids is 1. The van der Waals surface area contributed by atoms with E-state index < -0.39 is 0 Å². The largest absolute Gasteiger partial charge is 0.376 e. The summed E-state index contributed by atoms with van der Waals surface area (Å²) in [5.41, 5.74) is 3.85. The number of carbonyl (C=O) groups is 1. The molecule has 2 aromatic carbocycles. The third kappa shape index (κ3) is 5.33. The van der Waals surface area contributed by atoms with Gasteiger partial charge in [-0.1, -0.05) is 65.8 Å². The summed E-state index contributed by atoms with van der Waals surface area (Å²) in [6.07, 6.45) is 6.03. The Bertz CT molecular complexity index is 1060. The Morgan fingerprint density at radius 2 is 1.71 bits per heavy atom. The van der Waals surface area contributed by atoms with Crippen LogP contribution in [-0.2, 0) is 22.5 Å². The minimum Gasteiger partial charge on any atom is -0.376 e. The van der Waals surface area contributed by atoms with Crippen LogP contribution >= 0.6 is 0 Å². The monoisotopic (exact) mass is 459 g/mol. The number of amides is 1. The van der Waals surface area contributed by atoms with E-state index in [1.54, 1.807) is 0 Å². The molecule has 1 amide bonds. The number of aromatic nitrogens is 1. The molecule has 1 aromatic heterocycles. The minimum atomic E-state index is 0.0817. The number of anilines is 1. The van der Waals surface area contributed by atoms with Gasteiger partial charge in [-0.3, -0.25) is 4.79 Å². The number of nitrogens with zero attached hydrogens (tertiary/aromatic N) is 3. The quantitative estimate of drug-likeness (QED) is 0.470. The van der Waals surface area contributed by atoms with Crippen molar-refractivity contribution < 1.29 is 14.1 Å². The van der Waals surface area contributed by atoms with E-state index >= 15 is 0 Å². The fourth-order valence-corrected chi connectivity index (χ4v) is 4.97. The Balaban J connectivity index is 1.46. The molecule has 0 bridgehead atoms. The van der Waals surface area contributed by atoms with E-state index in [4.69, 9.17) is 9.26 Å². The molecular weight excluding hydrogens is 426 g/mol. The first-order valence-electron chi connectivity index (χ1n) is 12.5. The van der Waals surface area contributed by atoms with E-state index in [0.717, 1.165) is 73.6 Å². The molecule has 6 nitrogen and oxygen atoms in total. The lowest BCUT2D eigenvalue weighted by molar-refractivity contribution is -0.132. The van der Waals surface area contributed by atoms with Crippen molar-refractivity contribution in [2.45, 2.75) is 51.2 Å². The average molecular weight is 460 g/mol. The maximum atomic E-state index is 13.6. The summed E-state index contributed by atoms with van der Waals surface area (Å²) in [5.74, 6) is 0.912. The Morgan fingerprint density at radius 1 is 0.971 bits per heavy atom. The Hall–Kier alpha value is -3.12. The molecule has 0 unspecified atom stereocenters. The molecule has 5 rings (SSSR count). The third-order valence-corrected chi connectivity index (χ3v) is 6.81. The second kappa shape index (κ2) is 10.9. The standard InChI is InChI=1S/C28H33N3O3/c32-26(19-22-11-4-1-5-12-22)31(20-24-15-10-18-33-24)21-25-27(23-13-6-2-7-14-23)29-34-28(25)30-16-8-3-9-17-30/h1-2,4-7,11-14,24H,3,8-10,15-21H2/t24-/m0/s1. The molecule has 0 radical (unpaired) electrons. The lowest BCUT2D eigenvalue weighted by atomic mass is 10.0. The highest BCUT2D eigenvalue weighted by Crippen LogP contribution is 2.34. The van der Waals surface area contributed by atoms with E-state index in [2.05, 4.69) is 22.2 Å². The SMILES string of the molecule is O=C(Cc1ccccc1)N(Cc1c(-c2ccccc2)noc1N1CCCCC1)C[C@@H]1CCCO1. The van der Waals surface area contributed by atoms with Gasteiger partial charge in [0.1, 0.15) is 5.69 Å². The first kappa shape index (κ1) is 22.7. The molecule has 0 N–H and O–H groups in total. The van der Waals surface area contributed by atoms with Crippen molar-refractivity contribution in [2.24, 2.45) is 0 Å². The molecule has 2 saturated heterocycles. The number of rotatable bonds is 8. The van der Waals surface area contributed by atoms with Gasteiger partial charge in [0.2, 0.25) is 11.8 Å². The maximum absolute atomic E-state index is 13.6. The van der Waals surface area contributed by atoms with Gasteiger partial charge in [-0.05, 0) is 37.7 Å². The van der Waals surface area contributed by atoms with Crippen molar-refractivity contribution in [3.63, 3.8) is 0 Å². The highest BCUT2D eigenvalue weighted by atomic mass is 16.5. The van der Waals surface area contributed by atoms with Gasteiger partial charge in [-0.25, -0.2) is 0 Å². The molecule has 2 fully saturated rings. The highest BCUT2D eigenvalue weighted by molar-refractivity contribution is 5.79. The summed E-state index contributed by atoms with van der Waals surface area (Å²) < 4.78 is 11.9. The molecule has 2 aliphatic heterocycles. The smallest absolute Gasteiger partial charge is 0.232 e. The van der Waals surface area contributed by atoms with Gasteiger partial charge in [0.25, 0.3) is 0 Å². The summed E-state index contributed by atoms with van der Waals surface area (Å²) in [4.78, 5) is 17.8. The molecule has 0 saturated carbocycles. The van der Waals surface area contributed by atoms with Crippen LogP contribution in [0.15, 0.2) is 65.2 Å². The lowest BCUT2D eigenvalue weighted by Crippen LogP contribution is -2.38. The van der Waals surface area contributed by atoms with Crippen LogP contribution in [0.25, 0.3) is 11.3 Å². The molecule has 178 valence electrons. The number of ether oxygens (including phenoxy) is 1. The van der Waals surface area contributed by atoms with Crippen LogP contribution in [0.2, 0.25) is 0 Å². The van der Waals surface area contributed by atoms with Crippen LogP contribution in [0.4, 0.5) is 5.88 Å². The summed E-state index contributed by atoms with van der Waals surface area (Å²) in [5, 5.41) is 4.50. The van der Waals surface area contributed by atoms with Crippen molar-refractivity contribution >= 4 is 11.8 Å². The second-order valence-electron chi connectivity index (χ2n) is 9.30. The fourth-order valence-electron chi connectivity index (χ4n) is 4.97. The van der Waals surface area contributed by atoms with Crippen molar-refractivity contribution in [3.05, 3.63) is 71.8 Å². The van der Waals surface area contributed by atoms with Crippen LogP contribution in [0.5, 0.6) is 0 Å². The number of hydrogen-bond donors (Lipinski definition) is 0. The predicted octanol–water partition coefficient (Wildman–Crippen LogP) is 5.08. The van der Waals surface area contributed by atoms with E-state index in [-0.39, 0.29) is 12.0 Å².